The minimum atomic E-state index is -0.936. The van der Waals surface area contributed by atoms with E-state index in [2.05, 4.69) is 65.6 Å². The first-order valence-electron chi connectivity index (χ1n) is 10.0. The van der Waals surface area contributed by atoms with Gasteiger partial charge in [0, 0.05) is 17.3 Å². The summed E-state index contributed by atoms with van der Waals surface area (Å²) in [7, 11) is 0. The van der Waals surface area contributed by atoms with Gasteiger partial charge in [0.15, 0.2) is 0 Å². The van der Waals surface area contributed by atoms with Crippen molar-refractivity contribution in [1.82, 2.24) is 4.98 Å². The van der Waals surface area contributed by atoms with Gasteiger partial charge in [-0.25, -0.2) is 4.79 Å². The Morgan fingerprint density at radius 3 is 2.20 bits per heavy atom. The van der Waals surface area contributed by atoms with E-state index in [4.69, 9.17) is 5.11 Å². The number of H-pyrrole nitrogens is 1. The minimum Gasteiger partial charge on any atom is -0.478 e. The van der Waals surface area contributed by atoms with E-state index in [1.165, 1.54) is 34.0 Å². The molecule has 0 saturated carbocycles. The van der Waals surface area contributed by atoms with Gasteiger partial charge in [-0.05, 0) is 47.2 Å². The van der Waals surface area contributed by atoms with Crippen LogP contribution in [0.3, 0.4) is 0 Å². The fraction of sp³-hybridized carbons (Fsp3) is 0.0741. The normalized spacial score (nSPS) is 11.1. The molecule has 0 aliphatic heterocycles. The summed E-state index contributed by atoms with van der Waals surface area (Å²) in [6, 6.07) is 31.1. The van der Waals surface area contributed by atoms with Crippen molar-refractivity contribution in [2.75, 3.05) is 0 Å². The molecule has 0 radical (unpaired) electrons. The summed E-state index contributed by atoms with van der Waals surface area (Å²) in [5, 5.41) is 8.82. The Kier molecular flexibility index (Phi) is 5.90. The topological polar surface area (TPSA) is 53.1 Å². The number of carboxylic acids is 1. The zero-order chi connectivity index (χ0) is 20.8. The zero-order valence-electron chi connectivity index (χ0n) is 16.6. The summed E-state index contributed by atoms with van der Waals surface area (Å²) in [4.78, 5) is 14.4. The van der Waals surface area contributed by atoms with Crippen molar-refractivity contribution in [3.63, 3.8) is 0 Å². The van der Waals surface area contributed by atoms with E-state index in [0.29, 0.717) is 0 Å². The highest BCUT2D eigenvalue weighted by Gasteiger charge is 2.12. The van der Waals surface area contributed by atoms with E-state index in [1.54, 1.807) is 6.08 Å². The summed E-state index contributed by atoms with van der Waals surface area (Å²) >= 11 is 0. The van der Waals surface area contributed by atoms with Crippen LogP contribution < -0.4 is 0 Å². The third-order valence-corrected chi connectivity index (χ3v) is 5.07. The van der Waals surface area contributed by atoms with Crippen LogP contribution in [-0.2, 0) is 17.6 Å². The molecule has 148 valence electrons. The Morgan fingerprint density at radius 1 is 0.800 bits per heavy atom. The van der Waals surface area contributed by atoms with Gasteiger partial charge in [0.1, 0.15) is 0 Å². The maximum atomic E-state index is 10.7. The van der Waals surface area contributed by atoms with Crippen LogP contribution in [0.2, 0.25) is 0 Å². The third-order valence-electron chi connectivity index (χ3n) is 5.07. The molecule has 0 fully saturated rings. The first kappa shape index (κ1) is 19.5. The van der Waals surface area contributed by atoms with Gasteiger partial charge in [-0.1, -0.05) is 84.9 Å². The quantitative estimate of drug-likeness (QED) is 0.366. The second-order valence-electron chi connectivity index (χ2n) is 7.23. The molecular weight excluding hydrogens is 370 g/mol. The summed E-state index contributed by atoms with van der Waals surface area (Å²) in [6.45, 7) is 0. The summed E-state index contributed by atoms with van der Waals surface area (Å²) in [6.07, 6.45) is 4.54. The van der Waals surface area contributed by atoms with Gasteiger partial charge in [-0.3, -0.25) is 0 Å². The van der Waals surface area contributed by atoms with E-state index in [0.717, 1.165) is 24.1 Å². The molecular formula is C27H23NO2. The third kappa shape index (κ3) is 4.76. The molecule has 4 rings (SSSR count). The number of hydrogen-bond acceptors (Lipinski definition) is 1. The number of rotatable bonds is 7. The van der Waals surface area contributed by atoms with Gasteiger partial charge in [0.05, 0.1) is 5.69 Å². The average molecular weight is 393 g/mol. The van der Waals surface area contributed by atoms with Crippen LogP contribution >= 0.6 is 0 Å². The van der Waals surface area contributed by atoms with Crippen LogP contribution in [0, 0.1) is 0 Å². The Labute approximate surface area is 176 Å². The van der Waals surface area contributed by atoms with E-state index in [9.17, 15) is 4.79 Å². The molecule has 0 unspecified atom stereocenters. The maximum Gasteiger partial charge on any atom is 0.328 e. The van der Waals surface area contributed by atoms with E-state index in [-0.39, 0.29) is 0 Å². The lowest BCUT2D eigenvalue weighted by atomic mass is 10.0. The smallest absolute Gasteiger partial charge is 0.328 e. The van der Waals surface area contributed by atoms with Crippen LogP contribution in [0.5, 0.6) is 0 Å². The number of benzene rings is 3. The molecule has 1 heterocycles. The number of carboxylic acid groups (broad SMARTS) is 1. The highest BCUT2D eigenvalue weighted by Crippen LogP contribution is 2.32. The van der Waals surface area contributed by atoms with E-state index >= 15 is 0 Å². The van der Waals surface area contributed by atoms with Gasteiger partial charge in [-0.15, -0.1) is 0 Å². The largest absolute Gasteiger partial charge is 0.478 e. The molecule has 1 aromatic heterocycles. The molecule has 30 heavy (non-hydrogen) atoms. The highest BCUT2D eigenvalue weighted by atomic mass is 16.4. The van der Waals surface area contributed by atoms with Gasteiger partial charge in [0.25, 0.3) is 0 Å². The lowest BCUT2D eigenvalue weighted by molar-refractivity contribution is -0.131. The van der Waals surface area contributed by atoms with Crippen molar-refractivity contribution in [1.29, 1.82) is 0 Å². The number of carbonyl (C=O) groups is 1. The zero-order valence-corrected chi connectivity index (χ0v) is 16.6. The molecule has 2 N–H and O–H groups in total. The summed E-state index contributed by atoms with van der Waals surface area (Å²) < 4.78 is 0. The molecule has 0 aliphatic rings. The van der Waals surface area contributed by atoms with E-state index in [1.807, 2.05) is 30.3 Å². The molecule has 0 saturated heterocycles. The fourth-order valence-electron chi connectivity index (χ4n) is 3.62. The van der Waals surface area contributed by atoms with Crippen LogP contribution in [-0.4, -0.2) is 16.1 Å². The van der Waals surface area contributed by atoms with Crippen molar-refractivity contribution in [3.8, 4) is 22.4 Å². The lowest BCUT2D eigenvalue weighted by Gasteiger charge is -2.04. The number of nitrogens with one attached hydrogen (secondary N) is 1. The number of aromatic nitrogens is 1. The van der Waals surface area contributed by atoms with Crippen molar-refractivity contribution in [2.24, 2.45) is 0 Å². The predicted octanol–water partition coefficient (Wildman–Crippen LogP) is 6.23. The highest BCUT2D eigenvalue weighted by molar-refractivity contribution is 5.85. The van der Waals surface area contributed by atoms with Crippen LogP contribution in [0.4, 0.5) is 0 Å². The van der Waals surface area contributed by atoms with Gasteiger partial charge >= 0.3 is 5.97 Å². The molecule has 0 amide bonds. The van der Waals surface area contributed by atoms with Crippen molar-refractivity contribution in [2.45, 2.75) is 12.8 Å². The van der Waals surface area contributed by atoms with Gasteiger partial charge < -0.3 is 10.1 Å². The predicted molar refractivity (Wildman–Crippen MR) is 122 cm³/mol. The Balaban J connectivity index is 1.59. The standard InChI is InChI=1S/C27H23NO2/c29-26(30)17-15-21-9-7-8-20(18-21)14-16-24-19-25(22-10-3-1-4-11-22)27(28-24)23-12-5-2-6-13-23/h1-13,15,17-19,28H,14,16H2,(H,29,30). The average Bonchev–Trinajstić information content (AvgIpc) is 3.22. The van der Waals surface area contributed by atoms with Crippen LogP contribution in [0.1, 0.15) is 16.8 Å². The maximum absolute atomic E-state index is 10.7. The number of aliphatic carboxylic acids is 1. The summed E-state index contributed by atoms with van der Waals surface area (Å²) in [5.74, 6) is -0.936. The SMILES string of the molecule is O=C(O)C=Cc1cccc(CCc2cc(-c3ccccc3)c(-c3ccccc3)[nH]2)c1. The molecule has 0 aliphatic carbocycles. The van der Waals surface area contributed by atoms with Gasteiger partial charge in [0.2, 0.25) is 0 Å². The molecule has 4 aromatic rings. The monoisotopic (exact) mass is 393 g/mol. The van der Waals surface area contributed by atoms with Crippen LogP contribution in [0.25, 0.3) is 28.5 Å². The molecule has 3 aromatic carbocycles. The summed E-state index contributed by atoms with van der Waals surface area (Å²) in [5.41, 5.74) is 7.96. The molecule has 0 bridgehead atoms. The Morgan fingerprint density at radius 2 is 1.50 bits per heavy atom. The van der Waals surface area contributed by atoms with Gasteiger partial charge in [-0.2, -0.15) is 0 Å². The van der Waals surface area contributed by atoms with Crippen LogP contribution in [0.15, 0.2) is 97.1 Å². The Bertz CT molecular complexity index is 1100. The minimum absolute atomic E-state index is 0.873. The molecule has 0 atom stereocenters. The lowest BCUT2D eigenvalue weighted by Crippen LogP contribution is -1.92. The van der Waals surface area contributed by atoms with Crippen molar-refractivity contribution in [3.05, 3.63) is 114 Å². The molecule has 3 heteroatoms. The first-order chi connectivity index (χ1) is 14.7. The number of aromatic amines is 1. The van der Waals surface area contributed by atoms with Crippen molar-refractivity contribution < 1.29 is 9.90 Å². The molecule has 3 nitrogen and oxygen atoms in total. The molecule has 0 spiro atoms. The second-order valence-corrected chi connectivity index (χ2v) is 7.23. The van der Waals surface area contributed by atoms with Crippen molar-refractivity contribution >= 4 is 12.0 Å². The fourth-order valence-corrected chi connectivity index (χ4v) is 3.62. The van der Waals surface area contributed by atoms with E-state index < -0.39 is 5.97 Å². The second kappa shape index (κ2) is 9.10. The first-order valence-corrected chi connectivity index (χ1v) is 10.0. The number of aryl methyl sites for hydroxylation is 2. The number of hydrogen-bond donors (Lipinski definition) is 2. The Hall–Kier alpha value is -3.85.